The molecule has 5 nitrogen and oxygen atoms in total. The Labute approximate surface area is 192 Å². The second-order valence-corrected chi connectivity index (χ2v) is 7.90. The number of hydrogen-bond donors (Lipinski definition) is 1. The number of phenols is 1. The Kier molecular flexibility index (Phi) is 5.12. The number of hydrogen-bond acceptors (Lipinski definition) is 3. The highest BCUT2D eigenvalue weighted by Gasteiger charge is 2.25. The Balaban J connectivity index is 1.96. The van der Waals surface area contributed by atoms with E-state index in [1.54, 1.807) is 12.1 Å². The van der Waals surface area contributed by atoms with Crippen LogP contribution in [0.4, 0.5) is 5.69 Å². The number of benzene rings is 3. The highest BCUT2D eigenvalue weighted by atomic mass is 16.3. The minimum absolute atomic E-state index is 0.120. The Bertz CT molecular complexity index is 1530. The summed E-state index contributed by atoms with van der Waals surface area (Å²) in [7, 11) is 0. The summed E-state index contributed by atoms with van der Waals surface area (Å²) in [4.78, 5) is 8.94. The highest BCUT2D eigenvalue weighted by molar-refractivity contribution is 6.07. The molecule has 2 heterocycles. The van der Waals surface area contributed by atoms with Gasteiger partial charge in [-0.1, -0.05) is 67.6 Å². The lowest BCUT2D eigenvalue weighted by Crippen LogP contribution is -1.99. The molecule has 0 aliphatic rings. The van der Waals surface area contributed by atoms with Crippen molar-refractivity contribution < 1.29 is 5.11 Å². The molecule has 0 aliphatic carbocycles. The van der Waals surface area contributed by atoms with Gasteiger partial charge in [-0.15, -0.1) is 0 Å². The van der Waals surface area contributed by atoms with E-state index in [4.69, 9.17) is 16.7 Å². The van der Waals surface area contributed by atoms with Gasteiger partial charge in [0.05, 0.1) is 23.6 Å². The Morgan fingerprint density at radius 2 is 1.73 bits per heavy atom. The molecule has 5 heteroatoms. The second-order valence-electron chi connectivity index (χ2n) is 7.90. The van der Waals surface area contributed by atoms with Gasteiger partial charge in [0, 0.05) is 16.5 Å². The van der Waals surface area contributed by atoms with Crippen LogP contribution in [0, 0.1) is 13.5 Å². The van der Waals surface area contributed by atoms with Crippen LogP contribution in [0.25, 0.3) is 44.0 Å². The molecule has 0 spiro atoms. The van der Waals surface area contributed by atoms with E-state index < -0.39 is 0 Å². The zero-order valence-corrected chi connectivity index (χ0v) is 18.4. The predicted molar refractivity (Wildman–Crippen MR) is 132 cm³/mol. The van der Waals surface area contributed by atoms with Crippen molar-refractivity contribution in [2.24, 2.45) is 0 Å². The molecule has 160 valence electrons. The number of aromatic hydroxyl groups is 1. The number of aryl methyl sites for hydroxylation is 2. The zero-order chi connectivity index (χ0) is 22.9. The van der Waals surface area contributed by atoms with Crippen molar-refractivity contribution in [3.05, 3.63) is 102 Å². The first-order valence-electron chi connectivity index (χ1n) is 10.9. The van der Waals surface area contributed by atoms with Crippen molar-refractivity contribution in [1.82, 2.24) is 14.8 Å². The van der Waals surface area contributed by atoms with Gasteiger partial charge in [-0.2, -0.15) is 5.10 Å². The van der Waals surface area contributed by atoms with Crippen molar-refractivity contribution in [2.75, 3.05) is 0 Å². The minimum Gasteiger partial charge on any atom is -0.507 e. The average molecular weight is 431 g/mol. The SMILES string of the molecule is [C-]#[N+]c1c(-c2cccc(CC)c2)nc2c(c(C)nn2-c2ccccc2)c1-c1ccccc1O. The molecular formula is C28H22N4O. The molecule has 0 unspecified atom stereocenters. The van der Waals surface area contributed by atoms with Crippen LogP contribution in [-0.2, 0) is 6.42 Å². The smallest absolute Gasteiger partial charge is 0.221 e. The zero-order valence-electron chi connectivity index (χ0n) is 18.4. The standard InChI is InChI=1S/C28H22N4O/c1-4-19-11-10-12-20(17-19)26-27(29-3)25(22-15-8-9-16-23(22)33)24-18(2)31-32(28(24)30-26)21-13-6-5-7-14-21/h5-17,33H,4H2,1-2H3. The lowest BCUT2D eigenvalue weighted by molar-refractivity contribution is 0.477. The maximum absolute atomic E-state index is 10.8. The summed E-state index contributed by atoms with van der Waals surface area (Å²) in [6.07, 6.45) is 0.886. The lowest BCUT2D eigenvalue weighted by Gasteiger charge is -2.14. The van der Waals surface area contributed by atoms with Gasteiger partial charge >= 0.3 is 0 Å². The van der Waals surface area contributed by atoms with E-state index in [1.165, 1.54) is 5.56 Å². The number of rotatable bonds is 4. The molecular weight excluding hydrogens is 408 g/mol. The predicted octanol–water partition coefficient (Wildman–Crippen LogP) is 6.88. The molecule has 2 aromatic heterocycles. The fourth-order valence-corrected chi connectivity index (χ4v) is 4.25. The molecule has 0 atom stereocenters. The van der Waals surface area contributed by atoms with Gasteiger partial charge in [-0.3, -0.25) is 0 Å². The normalized spacial score (nSPS) is 10.9. The Morgan fingerprint density at radius 1 is 0.970 bits per heavy atom. The van der Waals surface area contributed by atoms with Crippen LogP contribution < -0.4 is 0 Å². The fraction of sp³-hybridized carbons (Fsp3) is 0.107. The van der Waals surface area contributed by atoms with Crippen LogP contribution in [0.1, 0.15) is 18.2 Å². The third-order valence-corrected chi connectivity index (χ3v) is 5.86. The Hall–Kier alpha value is -4.43. The molecule has 1 N–H and O–H groups in total. The first-order chi connectivity index (χ1) is 16.1. The van der Waals surface area contributed by atoms with Crippen molar-refractivity contribution in [2.45, 2.75) is 20.3 Å². The van der Waals surface area contributed by atoms with E-state index in [2.05, 4.69) is 23.9 Å². The summed E-state index contributed by atoms with van der Waals surface area (Å²) < 4.78 is 1.81. The van der Waals surface area contributed by atoms with E-state index in [0.29, 0.717) is 28.2 Å². The van der Waals surface area contributed by atoms with Gasteiger partial charge in [0.25, 0.3) is 0 Å². The summed E-state index contributed by atoms with van der Waals surface area (Å²) in [5.41, 5.74) is 6.58. The maximum atomic E-state index is 10.8. The first-order valence-corrected chi connectivity index (χ1v) is 10.9. The average Bonchev–Trinajstić information content (AvgIpc) is 3.20. The maximum Gasteiger partial charge on any atom is 0.221 e. The summed E-state index contributed by atoms with van der Waals surface area (Å²) in [6.45, 7) is 12.1. The molecule has 33 heavy (non-hydrogen) atoms. The quantitative estimate of drug-likeness (QED) is 0.316. The van der Waals surface area contributed by atoms with Gasteiger partial charge in [0.2, 0.25) is 5.69 Å². The fourth-order valence-electron chi connectivity index (χ4n) is 4.25. The van der Waals surface area contributed by atoms with Gasteiger partial charge in [0.15, 0.2) is 5.65 Å². The van der Waals surface area contributed by atoms with E-state index in [1.807, 2.05) is 66.2 Å². The lowest BCUT2D eigenvalue weighted by atomic mass is 9.95. The van der Waals surface area contributed by atoms with Crippen molar-refractivity contribution >= 4 is 16.7 Å². The monoisotopic (exact) mass is 430 g/mol. The number of nitrogens with zero attached hydrogens (tertiary/aromatic N) is 4. The number of aromatic nitrogens is 3. The van der Waals surface area contributed by atoms with E-state index >= 15 is 0 Å². The van der Waals surface area contributed by atoms with Gasteiger partial charge in [0.1, 0.15) is 5.75 Å². The van der Waals surface area contributed by atoms with Crippen LogP contribution in [-0.4, -0.2) is 19.9 Å². The summed E-state index contributed by atoms with van der Waals surface area (Å²) in [5, 5.41) is 16.3. The summed E-state index contributed by atoms with van der Waals surface area (Å²) in [5.74, 6) is 0.120. The molecule has 5 aromatic rings. The topological polar surface area (TPSA) is 55.3 Å². The summed E-state index contributed by atoms with van der Waals surface area (Å²) >= 11 is 0. The van der Waals surface area contributed by atoms with Crippen molar-refractivity contribution in [1.29, 1.82) is 0 Å². The minimum atomic E-state index is 0.120. The third-order valence-electron chi connectivity index (χ3n) is 5.86. The van der Waals surface area contributed by atoms with E-state index in [-0.39, 0.29) is 5.75 Å². The van der Waals surface area contributed by atoms with Gasteiger partial charge in [-0.05, 0) is 42.7 Å². The van der Waals surface area contributed by atoms with Crippen LogP contribution in [0.3, 0.4) is 0 Å². The molecule has 0 fully saturated rings. The van der Waals surface area contributed by atoms with Crippen LogP contribution in [0.2, 0.25) is 0 Å². The number of pyridine rings is 1. The Morgan fingerprint density at radius 3 is 2.45 bits per heavy atom. The highest BCUT2D eigenvalue weighted by Crippen LogP contribution is 2.46. The van der Waals surface area contributed by atoms with E-state index in [0.717, 1.165) is 28.8 Å². The number of phenolic OH excluding ortho intramolecular Hbond substituents is 1. The third kappa shape index (κ3) is 3.42. The number of fused-ring (bicyclic) bond motifs is 1. The van der Waals surface area contributed by atoms with Crippen LogP contribution >= 0.6 is 0 Å². The molecule has 5 rings (SSSR count). The van der Waals surface area contributed by atoms with Gasteiger partial charge < -0.3 is 5.11 Å². The summed E-state index contributed by atoms with van der Waals surface area (Å²) in [6, 6.07) is 25.1. The second kappa shape index (κ2) is 8.25. The molecule has 0 saturated heterocycles. The van der Waals surface area contributed by atoms with E-state index in [9.17, 15) is 5.11 Å². The molecule has 3 aromatic carbocycles. The van der Waals surface area contributed by atoms with Crippen molar-refractivity contribution in [3.8, 4) is 33.8 Å². The molecule has 0 saturated carbocycles. The molecule has 0 bridgehead atoms. The molecule has 0 amide bonds. The number of para-hydroxylation sites is 2. The molecule has 0 aliphatic heterocycles. The van der Waals surface area contributed by atoms with Crippen LogP contribution in [0.15, 0.2) is 78.9 Å². The molecule has 0 radical (unpaired) electrons. The van der Waals surface area contributed by atoms with Crippen LogP contribution in [0.5, 0.6) is 5.75 Å². The first kappa shape index (κ1) is 20.5. The van der Waals surface area contributed by atoms with Gasteiger partial charge in [-0.25, -0.2) is 14.5 Å². The largest absolute Gasteiger partial charge is 0.507 e. The van der Waals surface area contributed by atoms with Crippen molar-refractivity contribution in [3.63, 3.8) is 0 Å².